The first-order valence-electron chi connectivity index (χ1n) is 7.97. The Balaban J connectivity index is 1.62. The van der Waals surface area contributed by atoms with Gasteiger partial charge in [-0.05, 0) is 35.7 Å². The first-order valence-corrected chi connectivity index (χ1v) is 7.97. The van der Waals surface area contributed by atoms with Gasteiger partial charge in [-0.1, -0.05) is 18.2 Å². The highest BCUT2D eigenvalue weighted by atomic mass is 16.6. The zero-order valence-electron chi connectivity index (χ0n) is 13.0. The van der Waals surface area contributed by atoms with Crippen molar-refractivity contribution >= 4 is 17.2 Å². The Kier molecular flexibility index (Phi) is 3.54. The summed E-state index contributed by atoms with van der Waals surface area (Å²) in [6.07, 6.45) is 0.116. The molecule has 0 spiro atoms. The fraction of sp³-hybridized carbons (Fsp3) is 0.278. The van der Waals surface area contributed by atoms with Crippen LogP contribution in [-0.2, 0) is 6.54 Å². The van der Waals surface area contributed by atoms with Crippen molar-refractivity contribution in [3.63, 3.8) is 0 Å². The van der Waals surface area contributed by atoms with Gasteiger partial charge in [0, 0.05) is 31.1 Å². The van der Waals surface area contributed by atoms with Gasteiger partial charge in [-0.25, -0.2) is 4.99 Å². The largest absolute Gasteiger partial charge is 0.388 e. The number of nitro groups is 1. The number of para-hydroxylation sites is 1. The molecule has 6 heteroatoms. The molecule has 2 heterocycles. The minimum absolute atomic E-state index is 0.0305. The van der Waals surface area contributed by atoms with Crippen molar-refractivity contribution in [3.05, 3.63) is 69.8 Å². The van der Waals surface area contributed by atoms with Crippen molar-refractivity contribution in [2.75, 3.05) is 6.54 Å². The molecule has 0 aromatic heterocycles. The van der Waals surface area contributed by atoms with Crippen molar-refractivity contribution in [2.24, 2.45) is 10.9 Å². The van der Waals surface area contributed by atoms with Crippen molar-refractivity contribution in [2.45, 2.75) is 19.1 Å². The number of hydrogen-bond acceptors (Lipinski definition) is 5. The van der Waals surface area contributed by atoms with E-state index >= 15 is 0 Å². The number of hydrogen-bond donors (Lipinski definition) is 1. The average molecular weight is 323 g/mol. The molecule has 0 unspecified atom stereocenters. The summed E-state index contributed by atoms with van der Waals surface area (Å²) < 4.78 is 0. The maximum Gasteiger partial charge on any atom is 0.269 e. The average Bonchev–Trinajstić information content (AvgIpc) is 3.02. The first kappa shape index (κ1) is 14.8. The Morgan fingerprint density at radius 1 is 1.21 bits per heavy atom. The molecule has 2 aliphatic rings. The third-order valence-electron chi connectivity index (χ3n) is 4.78. The van der Waals surface area contributed by atoms with Gasteiger partial charge in [0.15, 0.2) is 0 Å². The number of fused-ring (bicyclic) bond motifs is 2. The smallest absolute Gasteiger partial charge is 0.269 e. The van der Waals surface area contributed by atoms with Crippen molar-refractivity contribution in [1.82, 2.24) is 4.90 Å². The number of aliphatic hydroxyl groups is 1. The number of rotatable bonds is 3. The van der Waals surface area contributed by atoms with E-state index < -0.39 is 11.0 Å². The molecule has 1 N–H and O–H groups in total. The SMILES string of the molecule is O=[N+]([O-])c1ccc([C@H](O)[C@H]2CCN3Cc4ccccc4N=C23)cc1. The molecule has 2 aliphatic heterocycles. The molecule has 24 heavy (non-hydrogen) atoms. The van der Waals surface area contributed by atoms with E-state index in [-0.39, 0.29) is 11.6 Å². The molecule has 6 nitrogen and oxygen atoms in total. The molecule has 4 rings (SSSR count). The van der Waals surface area contributed by atoms with Gasteiger partial charge in [0.1, 0.15) is 5.84 Å². The minimum atomic E-state index is -0.709. The van der Waals surface area contributed by atoms with Gasteiger partial charge in [-0.3, -0.25) is 10.1 Å². The highest BCUT2D eigenvalue weighted by Crippen LogP contribution is 2.38. The maximum atomic E-state index is 10.8. The summed E-state index contributed by atoms with van der Waals surface area (Å²) in [5, 5.41) is 21.5. The van der Waals surface area contributed by atoms with E-state index in [9.17, 15) is 15.2 Å². The molecule has 0 aliphatic carbocycles. The monoisotopic (exact) mass is 323 g/mol. The molecule has 2 aromatic carbocycles. The minimum Gasteiger partial charge on any atom is -0.388 e. The lowest BCUT2D eigenvalue weighted by molar-refractivity contribution is -0.384. The topological polar surface area (TPSA) is 79.0 Å². The molecule has 0 saturated carbocycles. The molecule has 0 amide bonds. The van der Waals surface area contributed by atoms with Crippen LogP contribution in [0, 0.1) is 16.0 Å². The fourth-order valence-corrected chi connectivity index (χ4v) is 3.49. The molecule has 2 atom stereocenters. The zero-order valence-corrected chi connectivity index (χ0v) is 13.0. The van der Waals surface area contributed by atoms with Crippen LogP contribution in [0.25, 0.3) is 0 Å². The van der Waals surface area contributed by atoms with Gasteiger partial charge in [-0.15, -0.1) is 0 Å². The summed E-state index contributed by atoms with van der Waals surface area (Å²) in [6, 6.07) is 14.2. The summed E-state index contributed by atoms with van der Waals surface area (Å²) in [7, 11) is 0. The predicted molar refractivity (Wildman–Crippen MR) is 90.1 cm³/mol. The Bertz CT molecular complexity index is 817. The Morgan fingerprint density at radius 3 is 2.71 bits per heavy atom. The van der Waals surface area contributed by atoms with Crippen molar-refractivity contribution in [1.29, 1.82) is 0 Å². The molecule has 122 valence electrons. The van der Waals surface area contributed by atoms with Crippen LogP contribution in [0.3, 0.4) is 0 Å². The maximum absolute atomic E-state index is 10.8. The van der Waals surface area contributed by atoms with Gasteiger partial charge in [0.25, 0.3) is 5.69 Å². The zero-order chi connectivity index (χ0) is 16.7. The van der Waals surface area contributed by atoms with Crippen LogP contribution in [0.15, 0.2) is 53.5 Å². The van der Waals surface area contributed by atoms with E-state index in [1.807, 2.05) is 18.2 Å². The highest BCUT2D eigenvalue weighted by Gasteiger charge is 2.37. The Morgan fingerprint density at radius 2 is 1.96 bits per heavy atom. The molecular formula is C18H17N3O3. The standard InChI is InChI=1S/C18H17N3O3/c22-17(12-5-7-14(8-6-12)21(23)24)15-9-10-20-11-13-3-1-2-4-16(13)19-18(15)20/h1-8,15,17,22H,9-11H2/t15-,17+/m1/s1. The molecule has 0 radical (unpaired) electrons. The number of aliphatic hydroxyl groups excluding tert-OH is 1. The lowest BCUT2D eigenvalue weighted by Gasteiger charge is -2.28. The number of aliphatic imine (C=N–C) groups is 1. The molecular weight excluding hydrogens is 306 g/mol. The van der Waals surface area contributed by atoms with Gasteiger partial charge in [0.05, 0.1) is 16.7 Å². The van der Waals surface area contributed by atoms with Crippen LogP contribution in [0.1, 0.15) is 23.7 Å². The van der Waals surface area contributed by atoms with Crippen LogP contribution in [0.5, 0.6) is 0 Å². The quantitative estimate of drug-likeness (QED) is 0.695. The second kappa shape index (κ2) is 5.72. The van der Waals surface area contributed by atoms with Gasteiger partial charge in [0.2, 0.25) is 0 Å². The number of benzene rings is 2. The van der Waals surface area contributed by atoms with Crippen LogP contribution >= 0.6 is 0 Å². The second-order valence-corrected chi connectivity index (χ2v) is 6.21. The summed E-state index contributed by atoms with van der Waals surface area (Å²) in [5.74, 6) is 0.833. The van der Waals surface area contributed by atoms with E-state index in [2.05, 4.69) is 11.0 Å². The summed E-state index contributed by atoms with van der Waals surface area (Å²) in [5.41, 5.74) is 2.88. The second-order valence-electron chi connectivity index (χ2n) is 6.21. The Labute approximate surface area is 139 Å². The van der Waals surface area contributed by atoms with E-state index in [1.54, 1.807) is 12.1 Å². The third kappa shape index (κ3) is 2.45. The van der Waals surface area contributed by atoms with Crippen LogP contribution in [-0.4, -0.2) is 27.3 Å². The predicted octanol–water partition coefficient (Wildman–Crippen LogP) is 3.19. The number of nitro benzene ring substituents is 1. The van der Waals surface area contributed by atoms with E-state index in [0.29, 0.717) is 5.56 Å². The number of non-ortho nitro benzene ring substituents is 1. The normalized spacial score (nSPS) is 20.1. The lowest BCUT2D eigenvalue weighted by Crippen LogP contribution is -2.31. The van der Waals surface area contributed by atoms with Gasteiger partial charge >= 0.3 is 0 Å². The highest BCUT2D eigenvalue weighted by molar-refractivity contribution is 5.91. The van der Waals surface area contributed by atoms with E-state index in [1.165, 1.54) is 17.7 Å². The molecule has 1 fully saturated rings. The number of amidine groups is 1. The third-order valence-corrected chi connectivity index (χ3v) is 4.78. The summed E-state index contributed by atoms with van der Waals surface area (Å²) >= 11 is 0. The fourth-order valence-electron chi connectivity index (χ4n) is 3.49. The van der Waals surface area contributed by atoms with Gasteiger partial charge < -0.3 is 10.0 Å². The van der Waals surface area contributed by atoms with Crippen molar-refractivity contribution < 1.29 is 10.0 Å². The van der Waals surface area contributed by atoms with Crippen LogP contribution < -0.4 is 0 Å². The first-order chi connectivity index (χ1) is 11.6. The lowest BCUT2D eigenvalue weighted by atomic mass is 9.93. The summed E-state index contributed by atoms with van der Waals surface area (Å²) in [6.45, 7) is 1.68. The molecule has 0 bridgehead atoms. The molecule has 1 saturated heterocycles. The van der Waals surface area contributed by atoms with Crippen LogP contribution in [0.4, 0.5) is 11.4 Å². The number of nitrogens with zero attached hydrogens (tertiary/aromatic N) is 3. The Hall–Kier alpha value is -2.73. The van der Waals surface area contributed by atoms with Crippen molar-refractivity contribution in [3.8, 4) is 0 Å². The van der Waals surface area contributed by atoms with Gasteiger partial charge in [-0.2, -0.15) is 0 Å². The summed E-state index contributed by atoms with van der Waals surface area (Å²) in [4.78, 5) is 17.3. The van der Waals surface area contributed by atoms with E-state index in [4.69, 9.17) is 4.99 Å². The van der Waals surface area contributed by atoms with Crippen LogP contribution in [0.2, 0.25) is 0 Å². The van der Waals surface area contributed by atoms with E-state index in [0.717, 1.165) is 31.0 Å². The molecule has 2 aromatic rings.